The molecule has 3 aromatic carbocycles. The fraction of sp³-hybridized carbons (Fsp3) is 0.0952. The van der Waals surface area contributed by atoms with Crippen LogP contribution in [0, 0.1) is 36.0 Å². The van der Waals surface area contributed by atoms with Gasteiger partial charge in [-0.1, -0.05) is 29.8 Å². The van der Waals surface area contributed by atoms with E-state index in [4.69, 9.17) is 0 Å². The highest BCUT2D eigenvalue weighted by Crippen LogP contribution is 2.39. The van der Waals surface area contributed by atoms with Gasteiger partial charge in [0.1, 0.15) is 6.17 Å². The number of benzene rings is 3. The largest absolute Gasteiger partial charge is 0.360 e. The molecule has 1 atom stereocenters. The van der Waals surface area contributed by atoms with Gasteiger partial charge < -0.3 is 5.32 Å². The number of carbonyl (C=O) groups excluding carboxylic acids is 1. The molecule has 0 saturated carbocycles. The zero-order valence-corrected chi connectivity index (χ0v) is 14.9. The predicted octanol–water partition coefficient (Wildman–Crippen LogP) is 5.46. The summed E-state index contributed by atoms with van der Waals surface area (Å²) in [7, 11) is 0. The van der Waals surface area contributed by atoms with Crippen molar-refractivity contribution >= 4 is 17.3 Å². The molecular weight excluding hydrogens is 391 g/mol. The number of hydrogen-bond acceptors (Lipinski definition) is 2. The smallest absolute Gasteiger partial charge is 0.262 e. The molecule has 0 fully saturated rings. The number of carbonyl (C=O) groups is 1. The summed E-state index contributed by atoms with van der Waals surface area (Å²) in [5.41, 5.74) is 0.378. The number of para-hydroxylation sites is 1. The minimum absolute atomic E-state index is 0.202. The van der Waals surface area contributed by atoms with Crippen LogP contribution >= 0.6 is 0 Å². The Hall–Kier alpha value is -3.42. The highest BCUT2D eigenvalue weighted by atomic mass is 19.2. The molecule has 0 spiro atoms. The van der Waals surface area contributed by atoms with Crippen molar-refractivity contribution in [3.05, 3.63) is 94.3 Å². The summed E-state index contributed by atoms with van der Waals surface area (Å²) in [6.07, 6.45) is -1.65. The van der Waals surface area contributed by atoms with Crippen LogP contribution in [0.4, 0.5) is 33.3 Å². The molecule has 1 amide bonds. The van der Waals surface area contributed by atoms with Gasteiger partial charge in [0.25, 0.3) is 5.91 Å². The van der Waals surface area contributed by atoms with Gasteiger partial charge in [-0.05, 0) is 31.2 Å². The number of halogens is 5. The summed E-state index contributed by atoms with van der Waals surface area (Å²) in [4.78, 5) is 14.1. The second kappa shape index (κ2) is 6.88. The van der Waals surface area contributed by atoms with Gasteiger partial charge in [0.15, 0.2) is 23.3 Å². The lowest BCUT2D eigenvalue weighted by Crippen LogP contribution is -2.44. The van der Waals surface area contributed by atoms with Crippen LogP contribution in [0.5, 0.6) is 0 Å². The monoisotopic (exact) mass is 404 g/mol. The van der Waals surface area contributed by atoms with Gasteiger partial charge in [-0.3, -0.25) is 9.69 Å². The van der Waals surface area contributed by atoms with E-state index < -0.39 is 46.7 Å². The van der Waals surface area contributed by atoms with Crippen LogP contribution in [-0.4, -0.2) is 5.91 Å². The van der Waals surface area contributed by atoms with Gasteiger partial charge in [-0.15, -0.1) is 0 Å². The van der Waals surface area contributed by atoms with E-state index in [-0.39, 0.29) is 16.9 Å². The summed E-state index contributed by atoms with van der Waals surface area (Å²) in [5, 5.41) is 2.73. The van der Waals surface area contributed by atoms with E-state index in [1.165, 1.54) is 24.3 Å². The van der Waals surface area contributed by atoms with E-state index in [0.717, 1.165) is 10.5 Å². The van der Waals surface area contributed by atoms with E-state index in [0.29, 0.717) is 0 Å². The van der Waals surface area contributed by atoms with E-state index in [1.54, 1.807) is 31.2 Å². The summed E-state index contributed by atoms with van der Waals surface area (Å²) in [5.74, 6) is -11.0. The predicted molar refractivity (Wildman–Crippen MR) is 97.0 cm³/mol. The second-order valence-electron chi connectivity index (χ2n) is 6.59. The van der Waals surface area contributed by atoms with Crippen molar-refractivity contribution in [2.24, 2.45) is 0 Å². The van der Waals surface area contributed by atoms with E-state index in [1.807, 2.05) is 0 Å². The Bertz CT molecular complexity index is 1100. The Balaban J connectivity index is 1.98. The zero-order chi connectivity index (χ0) is 20.9. The Morgan fingerprint density at radius 3 is 1.97 bits per heavy atom. The van der Waals surface area contributed by atoms with Crippen molar-refractivity contribution < 1.29 is 26.7 Å². The molecule has 0 aliphatic carbocycles. The van der Waals surface area contributed by atoms with Crippen LogP contribution in [0.25, 0.3) is 0 Å². The summed E-state index contributed by atoms with van der Waals surface area (Å²) < 4.78 is 70.3. The Labute approximate surface area is 162 Å². The standard InChI is InChI=1S/C21H13F5N2O/c1-10-6-8-11(9-7-10)28-20(27-13-5-3-2-4-12(13)21(28)29)14-15(22)17(24)19(26)18(25)16(14)23/h2-9,20,27H,1H3. The topological polar surface area (TPSA) is 32.3 Å². The van der Waals surface area contributed by atoms with Crippen molar-refractivity contribution in [2.75, 3.05) is 10.2 Å². The minimum atomic E-state index is -2.26. The molecule has 3 nitrogen and oxygen atoms in total. The lowest BCUT2D eigenvalue weighted by molar-refractivity contribution is 0.0974. The van der Waals surface area contributed by atoms with Crippen LogP contribution in [-0.2, 0) is 0 Å². The summed E-state index contributed by atoms with van der Waals surface area (Å²) in [6, 6.07) is 12.6. The fourth-order valence-electron chi connectivity index (χ4n) is 3.29. The van der Waals surface area contributed by atoms with Crippen LogP contribution in [0.15, 0.2) is 48.5 Å². The molecule has 1 aliphatic heterocycles. The van der Waals surface area contributed by atoms with Crippen LogP contribution in [0.3, 0.4) is 0 Å². The van der Waals surface area contributed by atoms with Crippen molar-refractivity contribution in [2.45, 2.75) is 13.1 Å². The lowest BCUT2D eigenvalue weighted by atomic mass is 10.0. The number of nitrogens with zero attached hydrogens (tertiary/aromatic N) is 1. The third kappa shape index (κ3) is 2.91. The molecule has 8 heteroatoms. The average Bonchev–Trinajstić information content (AvgIpc) is 2.72. The maximum atomic E-state index is 14.5. The van der Waals surface area contributed by atoms with Gasteiger partial charge in [0, 0.05) is 11.4 Å². The van der Waals surface area contributed by atoms with E-state index in [2.05, 4.69) is 5.32 Å². The number of hydrogen-bond donors (Lipinski definition) is 1. The van der Waals surface area contributed by atoms with Crippen LogP contribution in [0.2, 0.25) is 0 Å². The molecule has 29 heavy (non-hydrogen) atoms. The lowest BCUT2D eigenvalue weighted by Gasteiger charge is -2.38. The summed E-state index contributed by atoms with van der Waals surface area (Å²) in [6.45, 7) is 1.80. The first kappa shape index (κ1) is 18.9. The van der Waals surface area contributed by atoms with Gasteiger partial charge in [0.2, 0.25) is 5.82 Å². The van der Waals surface area contributed by atoms with Crippen molar-refractivity contribution in [1.29, 1.82) is 0 Å². The molecule has 1 unspecified atom stereocenters. The minimum Gasteiger partial charge on any atom is -0.360 e. The SMILES string of the molecule is Cc1ccc(N2C(=O)c3ccccc3NC2c2c(F)c(F)c(F)c(F)c2F)cc1. The van der Waals surface area contributed by atoms with Crippen molar-refractivity contribution in [3.8, 4) is 0 Å². The molecular formula is C21H13F5N2O. The molecule has 0 radical (unpaired) electrons. The first-order valence-electron chi connectivity index (χ1n) is 8.58. The van der Waals surface area contributed by atoms with Crippen LogP contribution in [0.1, 0.15) is 27.7 Å². The van der Waals surface area contributed by atoms with Gasteiger partial charge in [-0.25, -0.2) is 22.0 Å². The number of rotatable bonds is 2. The number of amides is 1. The fourth-order valence-corrected chi connectivity index (χ4v) is 3.29. The molecule has 148 valence electrons. The first-order valence-corrected chi connectivity index (χ1v) is 8.58. The van der Waals surface area contributed by atoms with Crippen LogP contribution < -0.4 is 10.2 Å². The summed E-state index contributed by atoms with van der Waals surface area (Å²) >= 11 is 0. The Morgan fingerprint density at radius 2 is 1.34 bits per heavy atom. The van der Waals surface area contributed by atoms with E-state index in [9.17, 15) is 26.7 Å². The number of anilines is 2. The quantitative estimate of drug-likeness (QED) is 0.349. The molecule has 4 rings (SSSR count). The molecule has 3 aromatic rings. The third-order valence-corrected chi connectivity index (χ3v) is 4.76. The van der Waals surface area contributed by atoms with Crippen molar-refractivity contribution in [1.82, 2.24) is 0 Å². The molecule has 1 aliphatic rings. The average molecular weight is 404 g/mol. The zero-order valence-electron chi connectivity index (χ0n) is 14.9. The molecule has 1 N–H and O–H groups in total. The molecule has 1 heterocycles. The first-order chi connectivity index (χ1) is 13.8. The molecule has 0 aromatic heterocycles. The Morgan fingerprint density at radius 1 is 0.793 bits per heavy atom. The normalized spacial score (nSPS) is 15.9. The van der Waals surface area contributed by atoms with Gasteiger partial charge in [-0.2, -0.15) is 0 Å². The maximum Gasteiger partial charge on any atom is 0.262 e. The molecule has 0 saturated heterocycles. The van der Waals surface area contributed by atoms with E-state index >= 15 is 0 Å². The number of fused-ring (bicyclic) bond motifs is 1. The Kier molecular flexibility index (Phi) is 4.49. The second-order valence-corrected chi connectivity index (χ2v) is 6.59. The van der Waals surface area contributed by atoms with Crippen molar-refractivity contribution in [3.63, 3.8) is 0 Å². The third-order valence-electron chi connectivity index (χ3n) is 4.76. The molecule has 0 bridgehead atoms. The van der Waals surface area contributed by atoms with Gasteiger partial charge in [0.05, 0.1) is 11.1 Å². The highest BCUT2D eigenvalue weighted by Gasteiger charge is 2.40. The number of aryl methyl sites for hydroxylation is 1. The maximum absolute atomic E-state index is 14.5. The number of nitrogens with one attached hydrogen (secondary N) is 1. The highest BCUT2D eigenvalue weighted by molar-refractivity contribution is 6.12. The van der Waals surface area contributed by atoms with Gasteiger partial charge >= 0.3 is 0 Å².